The van der Waals surface area contributed by atoms with Crippen molar-refractivity contribution in [3.63, 3.8) is 0 Å². The molecular weight excluding hydrogens is 489 g/mol. The van der Waals surface area contributed by atoms with Crippen molar-refractivity contribution in [3.8, 4) is 23.3 Å². The third-order valence-electron chi connectivity index (χ3n) is 6.05. The Morgan fingerprint density at radius 3 is 2.43 bits per heavy atom. The van der Waals surface area contributed by atoms with Crippen molar-refractivity contribution in [2.75, 3.05) is 25.1 Å². The van der Waals surface area contributed by atoms with Gasteiger partial charge < -0.3 is 14.4 Å². The molecule has 9 nitrogen and oxygen atoms in total. The summed E-state index contributed by atoms with van der Waals surface area (Å²) in [4.78, 5) is 18.4. The minimum absolute atomic E-state index is 0.0421. The minimum Gasteiger partial charge on any atom is -0.454 e. The Labute approximate surface area is 208 Å². The number of rotatable bonds is 7. The molecule has 0 spiro atoms. The molecule has 5 rings (SSSR count). The number of hydrogen-bond donors (Lipinski definition) is 0. The molecule has 2 aromatic carbocycles. The van der Waals surface area contributed by atoms with E-state index in [4.69, 9.17) is 9.47 Å². The number of benzene rings is 2. The van der Waals surface area contributed by atoms with E-state index in [-0.39, 0.29) is 42.5 Å². The van der Waals surface area contributed by atoms with Crippen LogP contribution >= 0.6 is 0 Å². The van der Waals surface area contributed by atoms with E-state index in [9.17, 15) is 18.8 Å². The van der Waals surface area contributed by atoms with E-state index < -0.39 is 28.7 Å². The summed E-state index contributed by atoms with van der Waals surface area (Å²) in [5.74, 6) is -1.95. The number of nitrogens with zero attached hydrogens (tertiary/aromatic N) is 6. The molecule has 3 heterocycles. The molecule has 1 fully saturated rings. The molecule has 1 saturated heterocycles. The van der Waals surface area contributed by atoms with Crippen molar-refractivity contribution < 1.29 is 22.6 Å². The van der Waals surface area contributed by atoms with Crippen LogP contribution < -0.4 is 15.3 Å². The van der Waals surface area contributed by atoms with Gasteiger partial charge in [0, 0.05) is 24.9 Å². The largest absolute Gasteiger partial charge is 0.454 e. The zero-order valence-electron chi connectivity index (χ0n) is 19.4. The summed E-state index contributed by atoms with van der Waals surface area (Å²) in [5, 5.41) is 13.3. The second kappa shape index (κ2) is 9.44. The first-order valence-corrected chi connectivity index (χ1v) is 11.1. The summed E-state index contributed by atoms with van der Waals surface area (Å²) >= 11 is 0. The fraction of sp³-hybridized carbons (Fsp3) is 0.200. The molecule has 0 bridgehead atoms. The first-order valence-electron chi connectivity index (χ1n) is 11.1. The van der Waals surface area contributed by atoms with Gasteiger partial charge >= 0.3 is 5.69 Å². The quantitative estimate of drug-likeness (QED) is 0.377. The number of ether oxygens (including phenoxy) is 2. The van der Waals surface area contributed by atoms with E-state index in [2.05, 4.69) is 16.2 Å². The van der Waals surface area contributed by atoms with Crippen molar-refractivity contribution in [3.05, 3.63) is 94.6 Å². The van der Waals surface area contributed by atoms with Crippen LogP contribution in [0.3, 0.4) is 0 Å². The lowest BCUT2D eigenvalue weighted by Crippen LogP contribution is -2.62. The SMILES string of the molecule is COC1(C#N)CN(c2nccc(Oc3ccc(-n4ncn(Cc5c(F)cccc5F)c4=O)cc3)c2F)C1. The van der Waals surface area contributed by atoms with Crippen LogP contribution in [-0.4, -0.2) is 45.1 Å². The first-order chi connectivity index (χ1) is 17.8. The van der Waals surface area contributed by atoms with Crippen LogP contribution in [0.15, 0.2) is 65.8 Å². The van der Waals surface area contributed by atoms with Gasteiger partial charge in [0.25, 0.3) is 0 Å². The lowest BCUT2D eigenvalue weighted by molar-refractivity contribution is 0.0148. The van der Waals surface area contributed by atoms with Gasteiger partial charge in [0.2, 0.25) is 5.82 Å². The number of nitriles is 1. The van der Waals surface area contributed by atoms with Crippen LogP contribution in [0.1, 0.15) is 5.56 Å². The molecule has 1 aliphatic rings. The van der Waals surface area contributed by atoms with Gasteiger partial charge in [-0.2, -0.15) is 19.4 Å². The Hall–Kier alpha value is -4.63. The summed E-state index contributed by atoms with van der Waals surface area (Å²) in [6, 6.07) is 13.0. The number of anilines is 1. The molecule has 0 saturated carbocycles. The van der Waals surface area contributed by atoms with Gasteiger partial charge in [0.1, 0.15) is 29.8 Å². The van der Waals surface area contributed by atoms with Gasteiger partial charge in [-0.25, -0.2) is 18.6 Å². The van der Waals surface area contributed by atoms with Crippen molar-refractivity contribution in [2.45, 2.75) is 12.1 Å². The zero-order valence-corrected chi connectivity index (χ0v) is 19.4. The second-order valence-electron chi connectivity index (χ2n) is 8.36. The number of pyridine rings is 1. The van der Waals surface area contributed by atoms with Crippen molar-refractivity contribution in [1.82, 2.24) is 19.3 Å². The molecule has 2 aromatic heterocycles. The number of hydrogen-bond acceptors (Lipinski definition) is 7. The third-order valence-corrected chi connectivity index (χ3v) is 6.05. The topological polar surface area (TPSA) is 98.2 Å². The van der Waals surface area contributed by atoms with E-state index in [1.807, 2.05) is 0 Å². The van der Waals surface area contributed by atoms with Crippen molar-refractivity contribution in [1.29, 1.82) is 5.26 Å². The number of aromatic nitrogens is 4. The molecule has 0 aliphatic carbocycles. The fourth-order valence-electron chi connectivity index (χ4n) is 3.94. The maximum absolute atomic E-state index is 15.1. The fourth-order valence-corrected chi connectivity index (χ4v) is 3.94. The average Bonchev–Trinajstić information content (AvgIpc) is 3.24. The van der Waals surface area contributed by atoms with Crippen LogP contribution in [0.5, 0.6) is 11.5 Å². The van der Waals surface area contributed by atoms with E-state index in [1.165, 1.54) is 56.0 Å². The molecule has 4 aromatic rings. The summed E-state index contributed by atoms with van der Waals surface area (Å²) in [5.41, 5.74) is -1.46. The highest BCUT2D eigenvalue weighted by atomic mass is 19.1. The van der Waals surface area contributed by atoms with Crippen LogP contribution in [0, 0.1) is 28.8 Å². The van der Waals surface area contributed by atoms with Gasteiger partial charge in [-0.05, 0) is 36.4 Å². The van der Waals surface area contributed by atoms with Gasteiger partial charge in [-0.15, -0.1) is 0 Å². The van der Waals surface area contributed by atoms with E-state index >= 15 is 4.39 Å². The predicted octanol–water partition coefficient (Wildman–Crippen LogP) is 3.42. The summed E-state index contributed by atoms with van der Waals surface area (Å²) < 4.78 is 56.0. The van der Waals surface area contributed by atoms with E-state index in [0.29, 0.717) is 5.69 Å². The van der Waals surface area contributed by atoms with Gasteiger partial charge in [0.05, 0.1) is 25.3 Å². The number of halogens is 3. The molecule has 0 radical (unpaired) electrons. The van der Waals surface area contributed by atoms with Crippen LogP contribution in [0.25, 0.3) is 5.69 Å². The molecule has 0 atom stereocenters. The molecule has 37 heavy (non-hydrogen) atoms. The highest BCUT2D eigenvalue weighted by Crippen LogP contribution is 2.34. The highest BCUT2D eigenvalue weighted by Gasteiger charge is 2.45. The minimum atomic E-state index is -0.991. The zero-order chi connectivity index (χ0) is 26.2. The summed E-state index contributed by atoms with van der Waals surface area (Å²) in [7, 11) is 1.43. The molecule has 188 valence electrons. The monoisotopic (exact) mass is 508 g/mol. The van der Waals surface area contributed by atoms with Crippen LogP contribution in [0.4, 0.5) is 19.0 Å². The number of methoxy groups -OCH3 is 1. The molecule has 0 amide bonds. The maximum Gasteiger partial charge on any atom is 0.350 e. The molecule has 0 unspecified atom stereocenters. The predicted molar refractivity (Wildman–Crippen MR) is 125 cm³/mol. The molecular formula is C25H19F3N6O3. The summed E-state index contributed by atoms with van der Waals surface area (Å²) in [6.45, 7) is 0.0269. The van der Waals surface area contributed by atoms with Gasteiger partial charge in [-0.1, -0.05) is 6.07 Å². The second-order valence-corrected chi connectivity index (χ2v) is 8.36. The van der Waals surface area contributed by atoms with Crippen LogP contribution in [-0.2, 0) is 11.3 Å². The average molecular weight is 508 g/mol. The Kier molecular flexibility index (Phi) is 6.14. The lowest BCUT2D eigenvalue weighted by atomic mass is 9.96. The van der Waals surface area contributed by atoms with Gasteiger partial charge in [-0.3, -0.25) is 4.57 Å². The molecule has 1 aliphatic heterocycles. The molecule has 0 N–H and O–H groups in total. The van der Waals surface area contributed by atoms with Crippen molar-refractivity contribution >= 4 is 5.82 Å². The summed E-state index contributed by atoms with van der Waals surface area (Å²) in [6.07, 6.45) is 2.58. The Balaban J connectivity index is 1.32. The van der Waals surface area contributed by atoms with E-state index in [1.54, 1.807) is 4.90 Å². The Bertz CT molecular complexity index is 1540. The third kappa shape index (κ3) is 4.41. The smallest absolute Gasteiger partial charge is 0.350 e. The highest BCUT2D eigenvalue weighted by molar-refractivity contribution is 5.52. The first kappa shape index (κ1) is 24.1. The van der Waals surface area contributed by atoms with Gasteiger partial charge in [0.15, 0.2) is 17.2 Å². The molecule has 12 heteroatoms. The van der Waals surface area contributed by atoms with E-state index in [0.717, 1.165) is 21.4 Å². The standard InChI is InChI=1S/C25H19F3N6O3/c1-36-25(12-29)13-33(14-25)23-22(28)21(9-10-30-23)37-17-7-5-16(6-8-17)34-24(35)32(15-31-34)11-18-19(26)3-2-4-20(18)27/h2-10,15H,11,13-14H2,1H3. The van der Waals surface area contributed by atoms with Crippen LogP contribution in [0.2, 0.25) is 0 Å². The Morgan fingerprint density at radius 2 is 1.78 bits per heavy atom. The van der Waals surface area contributed by atoms with Crippen molar-refractivity contribution in [2.24, 2.45) is 0 Å². The maximum atomic E-state index is 15.1. The Morgan fingerprint density at radius 1 is 1.08 bits per heavy atom. The normalized spacial score (nSPS) is 14.2. The lowest BCUT2D eigenvalue weighted by Gasteiger charge is -2.44.